The Hall–Kier alpha value is -0.530. The molecule has 1 saturated carbocycles. The Labute approximate surface area is 119 Å². The van der Waals surface area contributed by atoms with E-state index in [0.717, 1.165) is 18.8 Å². The minimum atomic E-state index is -0.363. The second kappa shape index (κ2) is 6.28. The Morgan fingerprint density at radius 1 is 1.21 bits per heavy atom. The molecule has 1 atom stereocenters. The molecule has 0 aromatic rings. The summed E-state index contributed by atoms with van der Waals surface area (Å²) < 4.78 is 5.58. The zero-order chi connectivity index (χ0) is 14.7. The molecule has 0 saturated heterocycles. The van der Waals surface area contributed by atoms with Crippen molar-refractivity contribution in [2.24, 2.45) is 22.7 Å². The molecule has 0 aromatic heterocycles. The van der Waals surface area contributed by atoms with E-state index in [2.05, 4.69) is 41.5 Å². The summed E-state index contributed by atoms with van der Waals surface area (Å²) in [4.78, 5) is 12.4. The maximum Gasteiger partial charge on any atom is 0.312 e. The van der Waals surface area contributed by atoms with Crippen LogP contribution in [0.2, 0.25) is 0 Å². The lowest BCUT2D eigenvalue weighted by atomic mass is 9.69. The number of rotatable bonds is 6. The molecule has 2 nitrogen and oxygen atoms in total. The molecule has 1 aliphatic rings. The second-order valence-electron chi connectivity index (χ2n) is 8.03. The first-order chi connectivity index (χ1) is 8.65. The van der Waals surface area contributed by atoms with Gasteiger partial charge in [-0.25, -0.2) is 0 Å². The molecule has 0 spiro atoms. The van der Waals surface area contributed by atoms with Crippen LogP contribution in [-0.4, -0.2) is 12.6 Å². The number of carbonyl (C=O) groups is 1. The van der Waals surface area contributed by atoms with Crippen molar-refractivity contribution in [3.8, 4) is 0 Å². The number of ether oxygens (including phenoxy) is 1. The fourth-order valence-electron chi connectivity index (χ4n) is 2.88. The third kappa shape index (κ3) is 4.81. The number of carbonyl (C=O) groups excluding carboxylic acids is 1. The maximum absolute atomic E-state index is 12.4. The van der Waals surface area contributed by atoms with Crippen LogP contribution in [0.4, 0.5) is 0 Å². The highest BCUT2D eigenvalue weighted by atomic mass is 16.5. The summed E-state index contributed by atoms with van der Waals surface area (Å²) in [5.74, 6) is 1.11. The predicted octanol–water partition coefficient (Wildman–Crippen LogP) is 4.82. The molecule has 0 N–H and O–H groups in total. The van der Waals surface area contributed by atoms with Gasteiger partial charge >= 0.3 is 5.97 Å². The molecule has 2 heteroatoms. The van der Waals surface area contributed by atoms with Gasteiger partial charge in [0, 0.05) is 0 Å². The van der Waals surface area contributed by atoms with Gasteiger partial charge in [-0.1, -0.05) is 53.9 Å². The van der Waals surface area contributed by atoms with Gasteiger partial charge in [-0.15, -0.1) is 0 Å². The normalized spacial score (nSPS) is 19.9. The fraction of sp³-hybridized carbons (Fsp3) is 0.941. The minimum absolute atomic E-state index is 0.00301. The van der Waals surface area contributed by atoms with Crippen LogP contribution >= 0.6 is 0 Å². The summed E-state index contributed by atoms with van der Waals surface area (Å²) in [5, 5.41) is 0. The van der Waals surface area contributed by atoms with Crippen LogP contribution in [0, 0.1) is 22.7 Å². The Balaban J connectivity index is 2.51. The van der Waals surface area contributed by atoms with E-state index in [4.69, 9.17) is 4.74 Å². The molecular weight excluding hydrogens is 236 g/mol. The van der Waals surface area contributed by atoms with Crippen molar-refractivity contribution in [3.63, 3.8) is 0 Å². The van der Waals surface area contributed by atoms with Crippen LogP contribution in [0.25, 0.3) is 0 Å². The number of esters is 1. The van der Waals surface area contributed by atoms with Gasteiger partial charge in [-0.05, 0) is 37.0 Å². The van der Waals surface area contributed by atoms with Crippen molar-refractivity contribution < 1.29 is 9.53 Å². The quantitative estimate of drug-likeness (QED) is 0.646. The highest BCUT2D eigenvalue weighted by Crippen LogP contribution is 2.40. The predicted molar refractivity (Wildman–Crippen MR) is 79.9 cm³/mol. The fourth-order valence-corrected chi connectivity index (χ4v) is 2.88. The van der Waals surface area contributed by atoms with E-state index < -0.39 is 0 Å². The molecule has 1 rings (SSSR count). The molecule has 1 fully saturated rings. The van der Waals surface area contributed by atoms with E-state index in [1.165, 1.54) is 19.3 Å². The van der Waals surface area contributed by atoms with Crippen molar-refractivity contribution in [2.75, 3.05) is 6.61 Å². The highest BCUT2D eigenvalue weighted by molar-refractivity contribution is 5.76. The van der Waals surface area contributed by atoms with Gasteiger partial charge in [0.15, 0.2) is 0 Å². The smallest absolute Gasteiger partial charge is 0.312 e. The summed E-state index contributed by atoms with van der Waals surface area (Å²) in [6.07, 6.45) is 5.92. The largest absolute Gasteiger partial charge is 0.465 e. The first-order valence-electron chi connectivity index (χ1n) is 7.82. The van der Waals surface area contributed by atoms with E-state index in [-0.39, 0.29) is 16.8 Å². The summed E-state index contributed by atoms with van der Waals surface area (Å²) in [6, 6.07) is 0. The van der Waals surface area contributed by atoms with Crippen molar-refractivity contribution in [1.82, 2.24) is 0 Å². The van der Waals surface area contributed by atoms with E-state index in [0.29, 0.717) is 12.5 Å². The van der Waals surface area contributed by atoms with Crippen LogP contribution in [-0.2, 0) is 9.53 Å². The molecule has 0 heterocycles. The molecule has 0 amide bonds. The van der Waals surface area contributed by atoms with Gasteiger partial charge in [0.1, 0.15) is 0 Å². The standard InChI is InChI=1S/C17H32O2/c1-13(2)17(6,12-16(3,4)5)15(18)19-11-10-14-8-7-9-14/h13-14H,7-12H2,1-6H3. The van der Waals surface area contributed by atoms with E-state index in [9.17, 15) is 4.79 Å². The molecule has 0 radical (unpaired) electrons. The van der Waals surface area contributed by atoms with Crippen molar-refractivity contribution in [3.05, 3.63) is 0 Å². The zero-order valence-corrected chi connectivity index (χ0v) is 13.7. The zero-order valence-electron chi connectivity index (χ0n) is 13.7. The molecule has 1 unspecified atom stereocenters. The van der Waals surface area contributed by atoms with Gasteiger partial charge in [0.05, 0.1) is 12.0 Å². The third-order valence-corrected chi connectivity index (χ3v) is 4.62. The van der Waals surface area contributed by atoms with Gasteiger partial charge in [0.2, 0.25) is 0 Å². The highest BCUT2D eigenvalue weighted by Gasteiger charge is 2.41. The third-order valence-electron chi connectivity index (χ3n) is 4.62. The SMILES string of the molecule is CC(C)C(C)(CC(C)(C)C)C(=O)OCCC1CCC1. The topological polar surface area (TPSA) is 26.3 Å². The van der Waals surface area contributed by atoms with Crippen LogP contribution in [0.3, 0.4) is 0 Å². The molecule has 112 valence electrons. The molecular formula is C17H32O2. The molecule has 1 aliphatic carbocycles. The van der Waals surface area contributed by atoms with Crippen molar-refractivity contribution in [2.45, 2.75) is 73.6 Å². The van der Waals surface area contributed by atoms with E-state index in [1.807, 2.05) is 0 Å². The monoisotopic (exact) mass is 268 g/mol. The Morgan fingerprint density at radius 3 is 2.16 bits per heavy atom. The van der Waals surface area contributed by atoms with Crippen LogP contribution in [0.15, 0.2) is 0 Å². The lowest BCUT2D eigenvalue weighted by Gasteiger charge is -2.37. The first kappa shape index (κ1) is 16.5. The average Bonchev–Trinajstić information content (AvgIpc) is 2.18. The maximum atomic E-state index is 12.4. The lowest BCUT2D eigenvalue weighted by molar-refractivity contribution is -0.160. The summed E-state index contributed by atoms with van der Waals surface area (Å²) in [6.45, 7) is 13.5. The van der Waals surface area contributed by atoms with Gasteiger partial charge in [-0.3, -0.25) is 4.79 Å². The molecule has 19 heavy (non-hydrogen) atoms. The first-order valence-corrected chi connectivity index (χ1v) is 7.82. The summed E-state index contributed by atoms with van der Waals surface area (Å²) >= 11 is 0. The second-order valence-corrected chi connectivity index (χ2v) is 8.03. The Kier molecular flexibility index (Phi) is 5.46. The molecule has 0 aromatic carbocycles. The van der Waals surface area contributed by atoms with Crippen LogP contribution in [0.1, 0.15) is 73.6 Å². The molecule has 0 aliphatic heterocycles. The van der Waals surface area contributed by atoms with Crippen molar-refractivity contribution in [1.29, 1.82) is 0 Å². The lowest BCUT2D eigenvalue weighted by Crippen LogP contribution is -2.38. The van der Waals surface area contributed by atoms with Crippen LogP contribution < -0.4 is 0 Å². The minimum Gasteiger partial charge on any atom is -0.465 e. The summed E-state index contributed by atoms with van der Waals surface area (Å²) in [7, 11) is 0. The van der Waals surface area contributed by atoms with Crippen LogP contribution in [0.5, 0.6) is 0 Å². The van der Waals surface area contributed by atoms with E-state index >= 15 is 0 Å². The van der Waals surface area contributed by atoms with Gasteiger partial charge in [0.25, 0.3) is 0 Å². The van der Waals surface area contributed by atoms with Crippen molar-refractivity contribution >= 4 is 5.97 Å². The Morgan fingerprint density at radius 2 is 1.79 bits per heavy atom. The Bertz CT molecular complexity index is 297. The summed E-state index contributed by atoms with van der Waals surface area (Å²) in [5.41, 5.74) is -0.218. The van der Waals surface area contributed by atoms with E-state index in [1.54, 1.807) is 0 Å². The van der Waals surface area contributed by atoms with Gasteiger partial charge in [-0.2, -0.15) is 0 Å². The molecule has 0 bridgehead atoms. The number of hydrogen-bond donors (Lipinski definition) is 0. The number of hydrogen-bond acceptors (Lipinski definition) is 2. The van der Waals surface area contributed by atoms with Gasteiger partial charge < -0.3 is 4.74 Å². The average molecular weight is 268 g/mol.